The van der Waals surface area contributed by atoms with Crippen molar-refractivity contribution < 1.29 is 9.90 Å². The Morgan fingerprint density at radius 3 is 2.64 bits per heavy atom. The predicted octanol–water partition coefficient (Wildman–Crippen LogP) is 3.13. The van der Waals surface area contributed by atoms with E-state index in [-0.39, 0.29) is 19.2 Å². The van der Waals surface area contributed by atoms with Crippen LogP contribution in [0.4, 0.5) is 10.5 Å². The first-order chi connectivity index (χ1) is 12.0. The number of benzene rings is 1. The van der Waals surface area contributed by atoms with Gasteiger partial charge < -0.3 is 15.3 Å². The molecule has 0 spiro atoms. The lowest BCUT2D eigenvalue weighted by Gasteiger charge is -2.22. The topological polar surface area (TPSA) is 70.4 Å². The molecular formula is C19H28N4O2. The molecule has 25 heavy (non-hydrogen) atoms. The number of anilines is 1. The molecule has 0 radical (unpaired) electrons. The van der Waals surface area contributed by atoms with E-state index < -0.39 is 0 Å². The second kappa shape index (κ2) is 9.22. The van der Waals surface area contributed by atoms with Gasteiger partial charge in [-0.15, -0.1) is 0 Å². The van der Waals surface area contributed by atoms with E-state index in [9.17, 15) is 9.90 Å². The third-order valence-corrected chi connectivity index (χ3v) is 3.94. The Balaban J connectivity index is 2.11. The van der Waals surface area contributed by atoms with Crippen molar-refractivity contribution >= 4 is 11.7 Å². The zero-order valence-corrected chi connectivity index (χ0v) is 15.3. The summed E-state index contributed by atoms with van der Waals surface area (Å²) in [5.41, 5.74) is 2.78. The number of carbonyl (C=O) groups is 1. The van der Waals surface area contributed by atoms with Crippen LogP contribution in [0.3, 0.4) is 0 Å². The Hall–Kier alpha value is -2.34. The minimum atomic E-state index is -0.225. The Morgan fingerprint density at radius 2 is 2.04 bits per heavy atom. The average molecular weight is 344 g/mol. The molecule has 2 aromatic rings. The zero-order valence-electron chi connectivity index (χ0n) is 15.3. The number of aliphatic hydroxyl groups excluding tert-OH is 1. The van der Waals surface area contributed by atoms with Gasteiger partial charge in [-0.2, -0.15) is 5.10 Å². The molecule has 1 aromatic carbocycles. The second-order valence-corrected chi connectivity index (χ2v) is 6.50. The van der Waals surface area contributed by atoms with E-state index in [0.717, 1.165) is 29.9 Å². The van der Waals surface area contributed by atoms with E-state index in [1.54, 1.807) is 11.1 Å². The maximum atomic E-state index is 12.7. The van der Waals surface area contributed by atoms with Gasteiger partial charge in [0.1, 0.15) is 0 Å². The number of aromatic nitrogens is 2. The number of rotatable bonds is 8. The molecule has 0 bridgehead atoms. The van der Waals surface area contributed by atoms with E-state index in [1.165, 1.54) is 0 Å². The molecule has 6 heteroatoms. The molecule has 0 unspecified atom stereocenters. The number of hydrogen-bond acceptors (Lipinski definition) is 3. The van der Waals surface area contributed by atoms with Gasteiger partial charge in [0.15, 0.2) is 0 Å². The van der Waals surface area contributed by atoms with Crippen LogP contribution in [0.2, 0.25) is 0 Å². The number of carbonyl (C=O) groups excluding carboxylic acids is 1. The molecular weight excluding hydrogens is 316 g/mol. The van der Waals surface area contributed by atoms with Crippen LogP contribution in [0.5, 0.6) is 0 Å². The lowest BCUT2D eigenvalue weighted by atomic mass is 10.2. The van der Waals surface area contributed by atoms with E-state index in [4.69, 9.17) is 0 Å². The van der Waals surface area contributed by atoms with Crippen LogP contribution < -0.4 is 5.32 Å². The molecule has 6 nitrogen and oxygen atoms in total. The molecule has 1 heterocycles. The largest absolute Gasteiger partial charge is 0.395 e. The van der Waals surface area contributed by atoms with Gasteiger partial charge >= 0.3 is 6.03 Å². The maximum Gasteiger partial charge on any atom is 0.322 e. The third-order valence-electron chi connectivity index (χ3n) is 3.94. The Morgan fingerprint density at radius 1 is 1.32 bits per heavy atom. The maximum absolute atomic E-state index is 12.7. The molecule has 136 valence electrons. The van der Waals surface area contributed by atoms with E-state index >= 15 is 0 Å². The highest BCUT2D eigenvalue weighted by atomic mass is 16.3. The first kappa shape index (κ1) is 19.0. The summed E-state index contributed by atoms with van der Waals surface area (Å²) in [6.07, 6.45) is 2.50. The van der Waals surface area contributed by atoms with Gasteiger partial charge in [-0.3, -0.25) is 4.68 Å². The predicted molar refractivity (Wildman–Crippen MR) is 99.4 cm³/mol. The van der Waals surface area contributed by atoms with Gasteiger partial charge in [0.25, 0.3) is 0 Å². The van der Waals surface area contributed by atoms with Crippen molar-refractivity contribution in [2.24, 2.45) is 5.92 Å². The highest BCUT2D eigenvalue weighted by Crippen LogP contribution is 2.18. The van der Waals surface area contributed by atoms with Crippen LogP contribution in [0.1, 0.15) is 32.0 Å². The highest BCUT2D eigenvalue weighted by molar-refractivity contribution is 5.89. The summed E-state index contributed by atoms with van der Waals surface area (Å²) in [4.78, 5) is 14.3. The van der Waals surface area contributed by atoms with Crippen molar-refractivity contribution in [2.45, 2.75) is 40.3 Å². The van der Waals surface area contributed by atoms with Crippen molar-refractivity contribution in [2.75, 3.05) is 18.5 Å². The molecule has 0 saturated carbocycles. The van der Waals surface area contributed by atoms with Crippen LogP contribution >= 0.6 is 0 Å². The number of urea groups is 1. The summed E-state index contributed by atoms with van der Waals surface area (Å²) in [6, 6.07) is 9.53. The number of hydrogen-bond donors (Lipinski definition) is 2. The minimum absolute atomic E-state index is 0.0759. The molecule has 0 atom stereocenters. The monoisotopic (exact) mass is 344 g/mol. The quantitative estimate of drug-likeness (QED) is 0.773. The van der Waals surface area contributed by atoms with Crippen molar-refractivity contribution in [3.63, 3.8) is 0 Å². The molecule has 2 rings (SSSR count). The first-order valence-electron chi connectivity index (χ1n) is 8.80. The number of amides is 2. The van der Waals surface area contributed by atoms with Crippen molar-refractivity contribution in [1.29, 1.82) is 0 Å². The molecule has 1 aromatic heterocycles. The van der Waals surface area contributed by atoms with Gasteiger partial charge in [0.2, 0.25) is 0 Å². The molecule has 2 N–H and O–H groups in total. The molecule has 0 aliphatic heterocycles. The van der Waals surface area contributed by atoms with E-state index in [1.807, 2.05) is 35.0 Å². The van der Waals surface area contributed by atoms with Crippen LogP contribution in [-0.4, -0.2) is 39.0 Å². The van der Waals surface area contributed by atoms with Crippen molar-refractivity contribution in [1.82, 2.24) is 14.7 Å². The van der Waals surface area contributed by atoms with E-state index in [0.29, 0.717) is 12.5 Å². The Kier molecular flexibility index (Phi) is 7.01. The number of nitrogens with zero attached hydrogens (tertiary/aromatic N) is 3. The lowest BCUT2D eigenvalue weighted by molar-refractivity contribution is 0.185. The fourth-order valence-corrected chi connectivity index (χ4v) is 2.76. The minimum Gasteiger partial charge on any atom is -0.395 e. The summed E-state index contributed by atoms with van der Waals surface area (Å²) in [7, 11) is 0. The van der Waals surface area contributed by atoms with Crippen LogP contribution in [0.25, 0.3) is 0 Å². The summed E-state index contributed by atoms with van der Waals surface area (Å²) < 4.78 is 1.95. The van der Waals surface area contributed by atoms with Gasteiger partial charge in [-0.1, -0.05) is 51.1 Å². The fourth-order valence-electron chi connectivity index (χ4n) is 2.76. The van der Waals surface area contributed by atoms with Gasteiger partial charge in [-0.25, -0.2) is 4.79 Å². The SMILES string of the molecule is CCc1c(NC(=O)N(CCO)Cc2ccccc2)cnn1CC(C)C. The van der Waals surface area contributed by atoms with Crippen molar-refractivity contribution in [3.05, 3.63) is 47.8 Å². The molecule has 0 aliphatic rings. The van der Waals surface area contributed by atoms with Gasteiger partial charge in [0.05, 0.1) is 24.2 Å². The summed E-state index contributed by atoms with van der Waals surface area (Å²) in [5.74, 6) is 0.484. The normalized spacial score (nSPS) is 10.9. The first-order valence-corrected chi connectivity index (χ1v) is 8.80. The van der Waals surface area contributed by atoms with Gasteiger partial charge in [-0.05, 0) is 17.9 Å². The fraction of sp³-hybridized carbons (Fsp3) is 0.474. The second-order valence-electron chi connectivity index (χ2n) is 6.50. The highest BCUT2D eigenvalue weighted by Gasteiger charge is 2.17. The van der Waals surface area contributed by atoms with Gasteiger partial charge in [0, 0.05) is 19.6 Å². The zero-order chi connectivity index (χ0) is 18.2. The lowest BCUT2D eigenvalue weighted by Crippen LogP contribution is -2.36. The molecule has 0 fully saturated rings. The number of nitrogens with one attached hydrogen (secondary N) is 1. The van der Waals surface area contributed by atoms with Crippen molar-refractivity contribution in [3.8, 4) is 0 Å². The summed E-state index contributed by atoms with van der Waals surface area (Å²) in [6.45, 7) is 7.82. The van der Waals surface area contributed by atoms with Crippen LogP contribution in [0, 0.1) is 5.92 Å². The number of aliphatic hydroxyl groups is 1. The molecule has 0 saturated heterocycles. The summed E-state index contributed by atoms with van der Waals surface area (Å²) >= 11 is 0. The van der Waals surface area contributed by atoms with E-state index in [2.05, 4.69) is 31.2 Å². The third kappa shape index (κ3) is 5.32. The smallest absolute Gasteiger partial charge is 0.322 e. The Bertz CT molecular complexity index is 667. The molecule has 0 aliphatic carbocycles. The summed E-state index contributed by atoms with van der Waals surface area (Å²) in [5, 5.41) is 16.7. The Labute approximate surface area is 149 Å². The van der Waals surface area contributed by atoms with Crippen LogP contribution in [0.15, 0.2) is 36.5 Å². The average Bonchev–Trinajstić information content (AvgIpc) is 2.96. The van der Waals surface area contributed by atoms with Crippen LogP contribution in [-0.2, 0) is 19.5 Å². The molecule has 2 amide bonds. The standard InChI is InChI=1S/C19H28N4O2/c1-4-18-17(12-20-23(18)13-15(2)3)21-19(25)22(10-11-24)14-16-8-6-5-7-9-16/h5-9,12,15,24H,4,10-11,13-14H2,1-3H3,(H,21,25).